The highest BCUT2D eigenvalue weighted by Gasteiger charge is 2.33. The molecule has 0 spiro atoms. The topological polar surface area (TPSA) is 111 Å². The number of hydrogen-bond acceptors (Lipinski definition) is 5. The molecule has 0 amide bonds. The van der Waals surface area contributed by atoms with Gasteiger partial charge >= 0.3 is 11.7 Å². The van der Waals surface area contributed by atoms with Crippen LogP contribution in [0.5, 0.6) is 5.75 Å². The Morgan fingerprint density at radius 2 is 2.17 bits per heavy atom. The molecule has 3 unspecified atom stereocenters. The van der Waals surface area contributed by atoms with Gasteiger partial charge in [-0.15, -0.1) is 0 Å². The second kappa shape index (κ2) is 7.65. The number of aromatic amines is 1. The average Bonchev–Trinajstić information content (AvgIpc) is 3.02. The molecule has 1 fully saturated rings. The number of aliphatic carboxylic acids is 1. The molecule has 1 aromatic rings. The number of H-pyrrole nitrogens is 1. The van der Waals surface area contributed by atoms with Crippen LogP contribution in [0.25, 0.3) is 0 Å². The molecule has 1 aliphatic heterocycles. The Kier molecular flexibility index (Phi) is 5.82. The molecule has 8 nitrogen and oxygen atoms in total. The first kappa shape index (κ1) is 18.3. The molecular weight excluding hydrogens is 316 g/mol. The highest BCUT2D eigenvalue weighted by atomic mass is 16.5. The van der Waals surface area contributed by atoms with Crippen LogP contribution >= 0.6 is 0 Å². The molecule has 8 heteroatoms. The molecule has 2 N–H and O–H groups in total. The van der Waals surface area contributed by atoms with Gasteiger partial charge in [0.15, 0.2) is 6.61 Å². The number of nitrogens with one attached hydrogen (secondary N) is 1. The maximum absolute atomic E-state index is 12.0. The standard InChI is InChI=1S/C16H24N2O6/c1-4-9(2)10(3)11-5-6-13(24-11)18-7-12(23-8-14(19)20)15(21)17-16(18)22/h7,9-11,13H,4-6,8H2,1-3H3,(H,19,20)(H,17,21,22)/t9?,10?,11?,13-/m1/s1. The summed E-state index contributed by atoms with van der Waals surface area (Å²) in [5.74, 6) is -0.539. The third-order valence-electron chi connectivity index (χ3n) is 4.75. The molecule has 24 heavy (non-hydrogen) atoms. The van der Waals surface area contributed by atoms with Crippen molar-refractivity contribution in [2.45, 2.75) is 52.4 Å². The highest BCUT2D eigenvalue weighted by Crippen LogP contribution is 2.34. The SMILES string of the molecule is CCC(C)C(C)C1CC[C@H](n2cc(OCC(=O)O)c(=O)[nH]c2=O)O1. The molecule has 1 aliphatic rings. The van der Waals surface area contributed by atoms with Crippen molar-refractivity contribution in [1.29, 1.82) is 0 Å². The Bertz CT molecular complexity index is 695. The van der Waals surface area contributed by atoms with Gasteiger partial charge in [-0.1, -0.05) is 27.2 Å². The zero-order chi connectivity index (χ0) is 17.9. The lowest BCUT2D eigenvalue weighted by Crippen LogP contribution is -2.34. The van der Waals surface area contributed by atoms with Gasteiger partial charge in [0.1, 0.15) is 6.23 Å². The summed E-state index contributed by atoms with van der Waals surface area (Å²) in [6.07, 6.45) is 3.32. The van der Waals surface area contributed by atoms with Crippen LogP contribution in [0.15, 0.2) is 15.8 Å². The molecule has 1 saturated heterocycles. The summed E-state index contributed by atoms with van der Waals surface area (Å²) in [5, 5.41) is 8.64. The van der Waals surface area contributed by atoms with E-state index in [2.05, 4.69) is 25.8 Å². The number of nitrogens with zero attached hydrogens (tertiary/aromatic N) is 1. The number of carbonyl (C=O) groups is 1. The summed E-state index contributed by atoms with van der Waals surface area (Å²) in [5.41, 5.74) is -1.34. The average molecular weight is 340 g/mol. The maximum atomic E-state index is 12.0. The number of rotatable bonds is 7. The Morgan fingerprint density at radius 1 is 1.46 bits per heavy atom. The first-order valence-corrected chi connectivity index (χ1v) is 8.19. The fourth-order valence-corrected chi connectivity index (χ4v) is 2.90. The van der Waals surface area contributed by atoms with E-state index < -0.39 is 30.1 Å². The summed E-state index contributed by atoms with van der Waals surface area (Å²) in [4.78, 5) is 36.4. The second-order valence-electron chi connectivity index (χ2n) is 6.29. The molecule has 4 atom stereocenters. The van der Waals surface area contributed by atoms with Gasteiger partial charge in [0.2, 0.25) is 5.75 Å². The minimum absolute atomic E-state index is 0.0483. The third-order valence-corrected chi connectivity index (χ3v) is 4.75. The van der Waals surface area contributed by atoms with Crippen LogP contribution in [-0.4, -0.2) is 33.3 Å². The molecule has 0 bridgehead atoms. The number of aromatic nitrogens is 2. The largest absolute Gasteiger partial charge is 0.479 e. The summed E-state index contributed by atoms with van der Waals surface area (Å²) in [7, 11) is 0. The van der Waals surface area contributed by atoms with Crippen molar-refractivity contribution in [2.24, 2.45) is 11.8 Å². The van der Waals surface area contributed by atoms with Gasteiger partial charge in [-0.05, 0) is 24.7 Å². The molecule has 0 radical (unpaired) electrons. The fourth-order valence-electron chi connectivity index (χ4n) is 2.90. The number of ether oxygens (including phenoxy) is 2. The Morgan fingerprint density at radius 3 is 2.79 bits per heavy atom. The van der Waals surface area contributed by atoms with E-state index in [-0.39, 0.29) is 11.9 Å². The van der Waals surface area contributed by atoms with Crippen LogP contribution in [0.1, 0.15) is 46.3 Å². The summed E-state index contributed by atoms with van der Waals surface area (Å²) in [6, 6.07) is 0. The van der Waals surface area contributed by atoms with E-state index in [1.807, 2.05) is 0 Å². The minimum Gasteiger partial charge on any atom is -0.479 e. The lowest BCUT2D eigenvalue weighted by atomic mass is 9.88. The quantitative estimate of drug-likeness (QED) is 0.775. The molecule has 0 aromatic carbocycles. The third kappa shape index (κ3) is 4.05. The highest BCUT2D eigenvalue weighted by molar-refractivity contribution is 5.68. The summed E-state index contributed by atoms with van der Waals surface area (Å²) in [6.45, 7) is 5.79. The Hall–Kier alpha value is -2.09. The molecule has 0 saturated carbocycles. The number of carboxylic acid groups (broad SMARTS) is 1. The van der Waals surface area contributed by atoms with E-state index >= 15 is 0 Å². The van der Waals surface area contributed by atoms with E-state index in [0.717, 1.165) is 12.8 Å². The van der Waals surface area contributed by atoms with Crippen molar-refractivity contribution >= 4 is 5.97 Å². The number of carboxylic acids is 1. The zero-order valence-electron chi connectivity index (χ0n) is 14.2. The van der Waals surface area contributed by atoms with Gasteiger partial charge in [-0.25, -0.2) is 9.59 Å². The molecule has 2 rings (SSSR count). The Labute approximate surface area is 139 Å². The van der Waals surface area contributed by atoms with Crippen LogP contribution < -0.4 is 16.0 Å². The van der Waals surface area contributed by atoms with Crippen LogP contribution in [0.3, 0.4) is 0 Å². The van der Waals surface area contributed by atoms with Gasteiger partial charge in [0.25, 0.3) is 5.56 Å². The van der Waals surface area contributed by atoms with Gasteiger partial charge in [0, 0.05) is 0 Å². The van der Waals surface area contributed by atoms with E-state index in [9.17, 15) is 14.4 Å². The lowest BCUT2D eigenvalue weighted by molar-refractivity contribution is -0.139. The number of hydrogen-bond donors (Lipinski definition) is 2. The van der Waals surface area contributed by atoms with Crippen molar-refractivity contribution < 1.29 is 19.4 Å². The zero-order valence-corrected chi connectivity index (χ0v) is 14.2. The van der Waals surface area contributed by atoms with Crippen LogP contribution in [-0.2, 0) is 9.53 Å². The molecule has 1 aromatic heterocycles. The van der Waals surface area contributed by atoms with E-state index in [1.165, 1.54) is 10.8 Å². The monoisotopic (exact) mass is 340 g/mol. The first-order chi connectivity index (χ1) is 11.3. The van der Waals surface area contributed by atoms with Gasteiger partial charge < -0.3 is 14.6 Å². The molecular formula is C16H24N2O6. The van der Waals surface area contributed by atoms with E-state index in [0.29, 0.717) is 18.3 Å². The van der Waals surface area contributed by atoms with Crippen molar-refractivity contribution in [2.75, 3.05) is 6.61 Å². The van der Waals surface area contributed by atoms with Gasteiger partial charge in [0.05, 0.1) is 12.3 Å². The minimum atomic E-state index is -1.20. The predicted molar refractivity (Wildman–Crippen MR) is 86.2 cm³/mol. The van der Waals surface area contributed by atoms with Crippen LogP contribution in [0.4, 0.5) is 0 Å². The lowest BCUT2D eigenvalue weighted by Gasteiger charge is -2.25. The molecule has 134 valence electrons. The Balaban J connectivity index is 2.17. The van der Waals surface area contributed by atoms with Crippen molar-refractivity contribution in [3.63, 3.8) is 0 Å². The van der Waals surface area contributed by atoms with Crippen molar-refractivity contribution in [1.82, 2.24) is 9.55 Å². The molecule has 0 aliphatic carbocycles. The van der Waals surface area contributed by atoms with Crippen LogP contribution in [0, 0.1) is 11.8 Å². The summed E-state index contributed by atoms with van der Waals surface area (Å²) < 4.78 is 12.2. The smallest absolute Gasteiger partial charge is 0.341 e. The van der Waals surface area contributed by atoms with E-state index in [1.54, 1.807) is 0 Å². The van der Waals surface area contributed by atoms with Crippen molar-refractivity contribution in [3.8, 4) is 5.75 Å². The van der Waals surface area contributed by atoms with Crippen LogP contribution in [0.2, 0.25) is 0 Å². The molecule has 2 heterocycles. The summed E-state index contributed by atoms with van der Waals surface area (Å²) >= 11 is 0. The van der Waals surface area contributed by atoms with Gasteiger partial charge in [-0.3, -0.25) is 14.3 Å². The normalized spacial score (nSPS) is 23.0. The maximum Gasteiger partial charge on any atom is 0.341 e. The predicted octanol–water partition coefficient (Wildman–Crippen LogP) is 1.36. The van der Waals surface area contributed by atoms with Crippen molar-refractivity contribution in [3.05, 3.63) is 27.0 Å². The fraction of sp³-hybridized carbons (Fsp3) is 0.688. The van der Waals surface area contributed by atoms with Gasteiger partial charge in [-0.2, -0.15) is 0 Å². The van der Waals surface area contributed by atoms with E-state index in [4.69, 9.17) is 14.6 Å². The second-order valence-corrected chi connectivity index (χ2v) is 6.29. The first-order valence-electron chi connectivity index (χ1n) is 8.19.